The molecule has 0 saturated carbocycles. The maximum absolute atomic E-state index is 14.0. The van der Waals surface area contributed by atoms with Gasteiger partial charge in [-0.3, -0.25) is 14.4 Å². The summed E-state index contributed by atoms with van der Waals surface area (Å²) in [6.07, 6.45) is -1.16. The van der Waals surface area contributed by atoms with E-state index in [0.717, 1.165) is 49.3 Å². The maximum atomic E-state index is 14.0. The Bertz CT molecular complexity index is 1580. The van der Waals surface area contributed by atoms with Gasteiger partial charge in [-0.25, -0.2) is 22.8 Å². The highest BCUT2D eigenvalue weighted by Crippen LogP contribution is 2.41. The minimum atomic E-state index is -1.67. The third-order valence-electron chi connectivity index (χ3n) is 5.95. The molecule has 17 heteroatoms. The van der Waals surface area contributed by atoms with Gasteiger partial charge in [-0.2, -0.15) is 5.26 Å². The van der Waals surface area contributed by atoms with Crippen molar-refractivity contribution in [2.75, 3.05) is 6.61 Å². The van der Waals surface area contributed by atoms with Crippen molar-refractivity contribution in [1.82, 2.24) is 20.0 Å². The number of nitrogens with zero attached hydrogens (tertiary/aromatic N) is 5. The molecule has 3 aromatic rings. The first kappa shape index (κ1) is 31.9. The van der Waals surface area contributed by atoms with Gasteiger partial charge in [-0.05, 0) is 34.1 Å². The Balaban J connectivity index is 1.82. The normalized spacial score (nSPS) is 21.5. The predicted molar refractivity (Wildman–Crippen MR) is 143 cm³/mol. The van der Waals surface area contributed by atoms with Crippen LogP contribution in [-0.4, -0.2) is 68.2 Å². The van der Waals surface area contributed by atoms with Crippen molar-refractivity contribution in [2.45, 2.75) is 55.6 Å². The minimum absolute atomic E-state index is 0.0918. The topological polar surface area (TPSA) is 156 Å². The minimum Gasteiger partial charge on any atom is -0.463 e. The van der Waals surface area contributed by atoms with Gasteiger partial charge in [0.2, 0.25) is 0 Å². The van der Waals surface area contributed by atoms with E-state index < -0.39 is 71.8 Å². The summed E-state index contributed by atoms with van der Waals surface area (Å²) in [5.41, 5.74) is -1.08. The molecule has 0 bridgehead atoms. The Hall–Kier alpha value is -4.01. The second-order valence-electron chi connectivity index (χ2n) is 9.05. The van der Waals surface area contributed by atoms with Gasteiger partial charge in [0.05, 0.1) is 16.8 Å². The Morgan fingerprint density at radius 3 is 2.30 bits per heavy atom. The van der Waals surface area contributed by atoms with E-state index in [4.69, 9.17) is 18.9 Å². The smallest absolute Gasteiger partial charge is 0.303 e. The van der Waals surface area contributed by atoms with Crippen LogP contribution in [-0.2, 0) is 33.3 Å². The van der Waals surface area contributed by atoms with Crippen LogP contribution in [0.4, 0.5) is 13.2 Å². The number of hydrogen-bond acceptors (Lipinski definition) is 12. The molecular weight excluding hydrogens is 663 g/mol. The summed E-state index contributed by atoms with van der Waals surface area (Å²) in [6, 6.07) is 3.76. The first-order valence-corrected chi connectivity index (χ1v) is 14.0. The Labute approximate surface area is 254 Å². The number of carbonyl (C=O) groups is 3. The number of nitriles is 1. The highest BCUT2D eigenvalue weighted by atomic mass is 79.9. The average molecular weight is 684 g/mol. The third kappa shape index (κ3) is 7.50. The van der Waals surface area contributed by atoms with Gasteiger partial charge in [0.1, 0.15) is 36.0 Å². The number of thioether (sulfide) groups is 1. The van der Waals surface area contributed by atoms with E-state index in [-0.39, 0.29) is 16.8 Å². The molecule has 1 aromatic carbocycles. The fourth-order valence-corrected chi connectivity index (χ4v) is 5.86. The van der Waals surface area contributed by atoms with E-state index in [1.165, 1.54) is 18.5 Å². The van der Waals surface area contributed by atoms with Crippen molar-refractivity contribution in [3.05, 3.63) is 58.1 Å². The van der Waals surface area contributed by atoms with Crippen LogP contribution in [0.3, 0.4) is 0 Å². The summed E-state index contributed by atoms with van der Waals surface area (Å²) in [7, 11) is 0. The van der Waals surface area contributed by atoms with Crippen LogP contribution in [0.2, 0.25) is 0 Å². The number of benzene rings is 1. The number of ether oxygens (including phenoxy) is 4. The monoisotopic (exact) mass is 683 g/mol. The Morgan fingerprint density at radius 1 is 1.07 bits per heavy atom. The number of esters is 3. The summed E-state index contributed by atoms with van der Waals surface area (Å²) < 4.78 is 65.6. The molecule has 0 radical (unpaired) electrons. The molecular formula is C26H21BrF3N5O7S. The van der Waals surface area contributed by atoms with Crippen molar-refractivity contribution < 1.29 is 46.5 Å². The number of carbonyl (C=O) groups excluding carboxylic acids is 3. The molecule has 1 fully saturated rings. The number of pyridine rings is 1. The van der Waals surface area contributed by atoms with Gasteiger partial charge >= 0.3 is 17.9 Å². The van der Waals surface area contributed by atoms with Crippen LogP contribution in [0.5, 0.6) is 0 Å². The summed E-state index contributed by atoms with van der Waals surface area (Å²) in [6.45, 7) is 3.03. The van der Waals surface area contributed by atoms with Crippen molar-refractivity contribution in [1.29, 1.82) is 5.26 Å². The molecule has 226 valence electrons. The first-order chi connectivity index (χ1) is 20.4. The second kappa shape index (κ2) is 13.5. The summed E-state index contributed by atoms with van der Waals surface area (Å²) in [5.74, 6) is -6.74. The van der Waals surface area contributed by atoms with Gasteiger partial charge in [-0.15, -0.1) is 5.10 Å². The molecule has 3 unspecified atom stereocenters. The first-order valence-electron chi connectivity index (χ1n) is 12.3. The summed E-state index contributed by atoms with van der Waals surface area (Å²) >= 11 is 4.27. The SMILES string of the molecule is CC(=O)OCC1O[C@H](Sc2cc(Br)c(C#N)cn2)C(OC(C)=O)C(n2cc(-c3cc(F)c(F)c(F)c3)nn2)[C@H]1OC(C)=O. The lowest BCUT2D eigenvalue weighted by atomic mass is 9.96. The van der Waals surface area contributed by atoms with Crippen molar-refractivity contribution in [3.63, 3.8) is 0 Å². The molecule has 0 N–H and O–H groups in total. The average Bonchev–Trinajstić information content (AvgIpc) is 3.41. The fourth-order valence-electron chi connectivity index (χ4n) is 4.22. The standard InChI is InChI=1S/C26H21BrF3N5O7S/c1-11(36)39-10-20-24(40-12(2)37)23(35-9-19(33-34-35)14-4-17(28)22(30)18(29)5-14)25(41-13(3)38)26(42-20)43-21-6-16(27)15(7-31)8-32-21/h4-6,8-9,20,23-26H,10H2,1-3H3/t20?,23?,24-,25?,26+/m0/s1. The van der Waals surface area contributed by atoms with E-state index in [0.29, 0.717) is 9.50 Å². The molecule has 1 aliphatic heterocycles. The van der Waals surface area contributed by atoms with Crippen molar-refractivity contribution in [2.24, 2.45) is 0 Å². The third-order valence-corrected chi connectivity index (χ3v) is 7.69. The molecule has 43 heavy (non-hydrogen) atoms. The largest absolute Gasteiger partial charge is 0.463 e. The van der Waals surface area contributed by atoms with Crippen molar-refractivity contribution >= 4 is 45.6 Å². The van der Waals surface area contributed by atoms with Gasteiger partial charge in [0.25, 0.3) is 0 Å². The molecule has 5 atom stereocenters. The fraction of sp³-hybridized carbons (Fsp3) is 0.346. The lowest BCUT2D eigenvalue weighted by Crippen LogP contribution is -2.57. The van der Waals surface area contributed by atoms with E-state index >= 15 is 0 Å². The molecule has 0 spiro atoms. The van der Waals surface area contributed by atoms with Gasteiger partial charge in [0.15, 0.2) is 29.7 Å². The van der Waals surface area contributed by atoms with Crippen LogP contribution in [0.1, 0.15) is 32.4 Å². The zero-order valence-electron chi connectivity index (χ0n) is 22.5. The summed E-state index contributed by atoms with van der Waals surface area (Å²) in [5, 5.41) is 17.5. The molecule has 0 aliphatic carbocycles. The Morgan fingerprint density at radius 2 is 1.72 bits per heavy atom. The maximum Gasteiger partial charge on any atom is 0.303 e. The number of hydrogen-bond donors (Lipinski definition) is 0. The molecule has 1 aliphatic rings. The molecule has 12 nitrogen and oxygen atoms in total. The predicted octanol–water partition coefficient (Wildman–Crippen LogP) is 3.88. The van der Waals surface area contributed by atoms with Crippen molar-refractivity contribution in [3.8, 4) is 17.3 Å². The molecule has 2 aromatic heterocycles. The van der Waals surface area contributed by atoms with Crippen LogP contribution in [0, 0.1) is 28.8 Å². The quantitative estimate of drug-likeness (QED) is 0.192. The van der Waals surface area contributed by atoms with Crippen LogP contribution < -0.4 is 0 Å². The Kier molecular flexibility index (Phi) is 10.0. The lowest BCUT2D eigenvalue weighted by molar-refractivity contribution is -0.212. The molecule has 4 rings (SSSR count). The molecule has 1 saturated heterocycles. The number of aromatic nitrogens is 4. The highest BCUT2D eigenvalue weighted by molar-refractivity contribution is 9.10. The zero-order valence-corrected chi connectivity index (χ0v) is 24.9. The van der Waals surface area contributed by atoms with E-state index in [1.54, 1.807) is 0 Å². The van der Waals surface area contributed by atoms with Crippen LogP contribution in [0.25, 0.3) is 11.3 Å². The van der Waals surface area contributed by atoms with Gasteiger partial charge in [0, 0.05) is 37.0 Å². The van der Waals surface area contributed by atoms with E-state index in [9.17, 15) is 32.8 Å². The molecule has 0 amide bonds. The zero-order chi connectivity index (χ0) is 31.4. The second-order valence-corrected chi connectivity index (χ2v) is 11.0. The number of rotatable bonds is 8. The van der Waals surface area contributed by atoms with Gasteiger partial charge < -0.3 is 18.9 Å². The number of halogens is 4. The van der Waals surface area contributed by atoms with Crippen LogP contribution in [0.15, 0.2) is 40.1 Å². The lowest BCUT2D eigenvalue weighted by Gasteiger charge is -2.44. The molecule has 3 heterocycles. The van der Waals surface area contributed by atoms with Gasteiger partial charge in [-0.1, -0.05) is 17.0 Å². The van der Waals surface area contributed by atoms with E-state index in [1.807, 2.05) is 6.07 Å². The summed E-state index contributed by atoms with van der Waals surface area (Å²) in [4.78, 5) is 40.4. The van der Waals surface area contributed by atoms with Crippen LogP contribution >= 0.6 is 27.7 Å². The van der Waals surface area contributed by atoms with E-state index in [2.05, 4.69) is 31.2 Å². The highest BCUT2D eigenvalue weighted by Gasteiger charge is 2.52.